The summed E-state index contributed by atoms with van der Waals surface area (Å²) in [5.74, 6) is 0.287. The van der Waals surface area contributed by atoms with Gasteiger partial charge < -0.3 is 21.3 Å². The number of anilines is 4. The summed E-state index contributed by atoms with van der Waals surface area (Å²) in [4.78, 5) is 24.3. The van der Waals surface area contributed by atoms with E-state index in [2.05, 4.69) is 47.2 Å². The van der Waals surface area contributed by atoms with Crippen molar-refractivity contribution >= 4 is 34.6 Å². The number of amides is 2. The van der Waals surface area contributed by atoms with Crippen molar-refractivity contribution in [1.82, 2.24) is 0 Å². The summed E-state index contributed by atoms with van der Waals surface area (Å²) in [5.41, 5.74) is 5.73. The molecule has 2 fully saturated rings. The molecule has 6 heteroatoms. The van der Waals surface area contributed by atoms with Crippen LogP contribution in [0.2, 0.25) is 0 Å². The molecule has 4 N–H and O–H groups in total. The van der Waals surface area contributed by atoms with Gasteiger partial charge in [0, 0.05) is 0 Å². The monoisotopic (exact) mass is 446 g/mol. The number of hydrogen-bond donors (Lipinski definition) is 4. The molecule has 6 rings (SSSR count). The standard InChI is InChI=1S/C14H18N2O.C13H16N2O/c1-10-5-6-11-12(9-10)16-14(13(17)15-11)7-3-2-4-8-14;1-9-4-5-10-11(8-9)15-13(12(16)14-10)6-2-3-7-13/h5-6,9,16H,2-4,7-8H2,1H3,(H,15,17);4-5,8,15H,2-3,6-7H2,1H3,(H,14,16). The van der Waals surface area contributed by atoms with Crippen molar-refractivity contribution in [3.63, 3.8) is 0 Å². The van der Waals surface area contributed by atoms with Gasteiger partial charge in [-0.2, -0.15) is 0 Å². The van der Waals surface area contributed by atoms with E-state index in [1.54, 1.807) is 0 Å². The van der Waals surface area contributed by atoms with E-state index in [1.165, 1.54) is 17.5 Å². The Kier molecular flexibility index (Phi) is 5.55. The van der Waals surface area contributed by atoms with Crippen LogP contribution in [0.5, 0.6) is 0 Å². The highest BCUT2D eigenvalue weighted by molar-refractivity contribution is 6.07. The summed E-state index contributed by atoms with van der Waals surface area (Å²) in [7, 11) is 0. The fraction of sp³-hybridized carbons (Fsp3) is 0.481. The number of carbonyl (C=O) groups is 2. The molecular formula is C27H34N4O2. The second-order valence-electron chi connectivity index (χ2n) is 10.2. The van der Waals surface area contributed by atoms with Gasteiger partial charge in [-0.1, -0.05) is 44.2 Å². The third kappa shape index (κ3) is 4.07. The first-order chi connectivity index (χ1) is 15.9. The van der Waals surface area contributed by atoms with Gasteiger partial charge in [-0.3, -0.25) is 9.59 Å². The van der Waals surface area contributed by atoms with Crippen LogP contribution in [-0.4, -0.2) is 22.9 Å². The Morgan fingerprint density at radius 1 is 0.576 bits per heavy atom. The van der Waals surface area contributed by atoms with Gasteiger partial charge in [-0.25, -0.2) is 0 Å². The van der Waals surface area contributed by atoms with Gasteiger partial charge in [-0.15, -0.1) is 0 Å². The van der Waals surface area contributed by atoms with E-state index in [-0.39, 0.29) is 22.9 Å². The molecule has 2 heterocycles. The molecule has 0 aromatic heterocycles. The number of aryl methyl sites for hydroxylation is 2. The first kappa shape index (κ1) is 21.8. The van der Waals surface area contributed by atoms with Gasteiger partial charge >= 0.3 is 0 Å². The van der Waals surface area contributed by atoms with E-state index >= 15 is 0 Å². The number of nitrogens with one attached hydrogen (secondary N) is 4. The first-order valence-corrected chi connectivity index (χ1v) is 12.3. The molecule has 2 aromatic rings. The zero-order valence-corrected chi connectivity index (χ0v) is 19.6. The SMILES string of the molecule is Cc1ccc2c(c1)NC1(CCCC1)C(=O)N2.Cc1ccc2c(c1)NC1(CCCCC1)C(=O)N2. The molecule has 0 bridgehead atoms. The van der Waals surface area contributed by atoms with Crippen molar-refractivity contribution in [3.05, 3.63) is 47.5 Å². The van der Waals surface area contributed by atoms with Crippen LogP contribution in [0, 0.1) is 13.8 Å². The highest BCUT2D eigenvalue weighted by Crippen LogP contribution is 2.41. The number of hydrogen-bond acceptors (Lipinski definition) is 4. The summed E-state index contributed by atoms with van der Waals surface area (Å²) < 4.78 is 0. The van der Waals surface area contributed by atoms with E-state index in [4.69, 9.17) is 0 Å². The zero-order valence-electron chi connectivity index (χ0n) is 19.6. The maximum Gasteiger partial charge on any atom is 0.250 e. The lowest BCUT2D eigenvalue weighted by Crippen LogP contribution is -2.53. The van der Waals surface area contributed by atoms with Crippen molar-refractivity contribution in [2.45, 2.75) is 82.7 Å². The van der Waals surface area contributed by atoms with Crippen molar-refractivity contribution in [2.24, 2.45) is 0 Å². The molecule has 6 nitrogen and oxygen atoms in total. The third-order valence-electron chi connectivity index (χ3n) is 7.63. The van der Waals surface area contributed by atoms with Gasteiger partial charge in [0.15, 0.2) is 0 Å². The summed E-state index contributed by atoms with van der Waals surface area (Å²) >= 11 is 0. The van der Waals surface area contributed by atoms with E-state index < -0.39 is 0 Å². The highest BCUT2D eigenvalue weighted by atomic mass is 16.2. The number of carbonyl (C=O) groups excluding carboxylic acids is 2. The normalized spacial score (nSPS) is 21.5. The van der Waals surface area contributed by atoms with Crippen molar-refractivity contribution in [2.75, 3.05) is 21.3 Å². The fourth-order valence-corrected chi connectivity index (χ4v) is 5.69. The topological polar surface area (TPSA) is 82.3 Å². The fourth-order valence-electron chi connectivity index (χ4n) is 5.69. The lowest BCUT2D eigenvalue weighted by Gasteiger charge is -2.41. The van der Waals surface area contributed by atoms with Crippen molar-refractivity contribution < 1.29 is 9.59 Å². The Bertz CT molecular complexity index is 1080. The first-order valence-electron chi connectivity index (χ1n) is 12.3. The molecule has 2 amide bonds. The lowest BCUT2D eigenvalue weighted by atomic mass is 9.79. The second kappa shape index (κ2) is 8.40. The van der Waals surface area contributed by atoms with Crippen LogP contribution >= 0.6 is 0 Å². The van der Waals surface area contributed by atoms with E-state index in [0.717, 1.165) is 74.1 Å². The predicted octanol–water partition coefficient (Wildman–Crippen LogP) is 5.73. The minimum absolute atomic E-state index is 0.140. The Morgan fingerprint density at radius 3 is 1.39 bits per heavy atom. The smallest absolute Gasteiger partial charge is 0.250 e. The Morgan fingerprint density at radius 2 is 0.970 bits per heavy atom. The van der Waals surface area contributed by atoms with Gasteiger partial charge in [0.2, 0.25) is 11.8 Å². The van der Waals surface area contributed by atoms with Crippen LogP contribution in [0.3, 0.4) is 0 Å². The maximum absolute atomic E-state index is 12.2. The van der Waals surface area contributed by atoms with Gasteiger partial charge in [-0.05, 0) is 74.9 Å². The van der Waals surface area contributed by atoms with Crippen molar-refractivity contribution in [3.8, 4) is 0 Å². The third-order valence-corrected chi connectivity index (χ3v) is 7.63. The van der Waals surface area contributed by atoms with Crippen LogP contribution in [0.25, 0.3) is 0 Å². The molecule has 0 saturated heterocycles. The molecule has 174 valence electrons. The number of rotatable bonds is 0. The molecule has 2 saturated carbocycles. The molecule has 0 unspecified atom stereocenters. The van der Waals surface area contributed by atoms with Crippen LogP contribution in [0.4, 0.5) is 22.7 Å². The molecule has 2 spiro atoms. The molecular weight excluding hydrogens is 412 g/mol. The van der Waals surface area contributed by atoms with E-state index in [9.17, 15) is 9.59 Å². The molecule has 4 aliphatic rings. The maximum atomic E-state index is 12.2. The number of fused-ring (bicyclic) bond motifs is 2. The van der Waals surface area contributed by atoms with Gasteiger partial charge in [0.1, 0.15) is 11.1 Å². The van der Waals surface area contributed by atoms with Crippen LogP contribution in [0.15, 0.2) is 36.4 Å². The molecule has 33 heavy (non-hydrogen) atoms. The van der Waals surface area contributed by atoms with E-state index in [1.807, 2.05) is 24.3 Å². The second-order valence-corrected chi connectivity index (χ2v) is 10.2. The van der Waals surface area contributed by atoms with Crippen molar-refractivity contribution in [1.29, 1.82) is 0 Å². The zero-order chi connectivity index (χ0) is 23.1. The average molecular weight is 447 g/mol. The predicted molar refractivity (Wildman–Crippen MR) is 134 cm³/mol. The highest BCUT2D eigenvalue weighted by Gasteiger charge is 2.44. The van der Waals surface area contributed by atoms with Gasteiger partial charge in [0.05, 0.1) is 22.7 Å². The largest absolute Gasteiger partial charge is 0.370 e. The summed E-state index contributed by atoms with van der Waals surface area (Å²) in [6, 6.07) is 12.2. The van der Waals surface area contributed by atoms with E-state index in [0.29, 0.717) is 0 Å². The molecule has 2 aliphatic carbocycles. The molecule has 2 aromatic carbocycles. The summed E-state index contributed by atoms with van der Waals surface area (Å²) in [6.45, 7) is 4.14. The Labute approximate surface area is 195 Å². The average Bonchev–Trinajstić information content (AvgIpc) is 3.26. The van der Waals surface area contributed by atoms with Crippen LogP contribution in [0.1, 0.15) is 68.9 Å². The Balaban J connectivity index is 0.000000139. The van der Waals surface area contributed by atoms with Gasteiger partial charge in [0.25, 0.3) is 0 Å². The van der Waals surface area contributed by atoms with Crippen LogP contribution in [-0.2, 0) is 9.59 Å². The minimum atomic E-state index is -0.348. The lowest BCUT2D eigenvalue weighted by molar-refractivity contribution is -0.121. The summed E-state index contributed by atoms with van der Waals surface area (Å²) in [5, 5.41) is 13.0. The Hall–Kier alpha value is -3.02. The van der Waals surface area contributed by atoms with Crippen LogP contribution < -0.4 is 21.3 Å². The summed E-state index contributed by atoms with van der Waals surface area (Å²) in [6.07, 6.45) is 9.61. The quantitative estimate of drug-likeness (QED) is 0.416. The molecule has 0 atom stereocenters. The minimum Gasteiger partial charge on any atom is -0.370 e. The molecule has 0 radical (unpaired) electrons. The number of benzene rings is 2. The molecule has 2 aliphatic heterocycles.